The second-order valence-corrected chi connectivity index (χ2v) is 5.03. The molecule has 2 aliphatic rings. The SMILES string of the molecule is Cc1ccccc1C[C@@H]1C[C@@H]2CCCN2O1. The first-order valence-corrected chi connectivity index (χ1v) is 6.31. The first-order valence-electron chi connectivity index (χ1n) is 6.31. The fourth-order valence-corrected chi connectivity index (χ4v) is 2.93. The highest BCUT2D eigenvalue weighted by Gasteiger charge is 2.36. The smallest absolute Gasteiger partial charge is 0.0849 e. The van der Waals surface area contributed by atoms with Crippen LogP contribution in [0.25, 0.3) is 0 Å². The number of benzene rings is 1. The summed E-state index contributed by atoms with van der Waals surface area (Å²) in [4.78, 5) is 5.98. The third-order valence-electron chi connectivity index (χ3n) is 3.85. The van der Waals surface area contributed by atoms with Crippen LogP contribution in [-0.4, -0.2) is 23.8 Å². The number of nitrogens with zero attached hydrogens (tertiary/aromatic N) is 1. The van der Waals surface area contributed by atoms with Gasteiger partial charge in [-0.15, -0.1) is 0 Å². The molecule has 0 saturated carbocycles. The van der Waals surface area contributed by atoms with E-state index in [1.807, 2.05) is 0 Å². The Labute approximate surface area is 97.2 Å². The lowest BCUT2D eigenvalue weighted by Gasteiger charge is -2.14. The normalized spacial score (nSPS) is 29.6. The molecule has 0 spiro atoms. The van der Waals surface area contributed by atoms with Gasteiger partial charge in [0.15, 0.2) is 0 Å². The average molecular weight is 217 g/mol. The largest absolute Gasteiger partial charge is 0.295 e. The topological polar surface area (TPSA) is 12.5 Å². The third-order valence-corrected chi connectivity index (χ3v) is 3.85. The van der Waals surface area contributed by atoms with Crippen molar-refractivity contribution in [3.63, 3.8) is 0 Å². The summed E-state index contributed by atoms with van der Waals surface area (Å²) in [6.07, 6.45) is 5.33. The molecule has 0 aliphatic carbocycles. The maximum Gasteiger partial charge on any atom is 0.0849 e. The van der Waals surface area contributed by atoms with E-state index in [4.69, 9.17) is 4.84 Å². The lowest BCUT2D eigenvalue weighted by atomic mass is 9.99. The van der Waals surface area contributed by atoms with Crippen molar-refractivity contribution in [2.24, 2.45) is 0 Å². The molecule has 0 unspecified atom stereocenters. The van der Waals surface area contributed by atoms with E-state index in [2.05, 4.69) is 36.3 Å². The fourth-order valence-electron chi connectivity index (χ4n) is 2.93. The molecule has 16 heavy (non-hydrogen) atoms. The van der Waals surface area contributed by atoms with E-state index >= 15 is 0 Å². The highest BCUT2D eigenvalue weighted by molar-refractivity contribution is 5.26. The van der Waals surface area contributed by atoms with Gasteiger partial charge in [-0.2, -0.15) is 5.06 Å². The zero-order valence-corrected chi connectivity index (χ0v) is 9.86. The van der Waals surface area contributed by atoms with Gasteiger partial charge in [0.2, 0.25) is 0 Å². The molecule has 2 fully saturated rings. The molecule has 2 saturated heterocycles. The summed E-state index contributed by atoms with van der Waals surface area (Å²) in [6.45, 7) is 3.32. The molecular weight excluding hydrogens is 198 g/mol. The molecule has 1 aromatic rings. The Kier molecular flexibility index (Phi) is 2.70. The molecule has 2 nitrogen and oxygen atoms in total. The van der Waals surface area contributed by atoms with Gasteiger partial charge in [-0.3, -0.25) is 4.84 Å². The molecule has 0 radical (unpaired) electrons. The van der Waals surface area contributed by atoms with E-state index in [1.165, 1.54) is 30.4 Å². The van der Waals surface area contributed by atoms with Gasteiger partial charge in [0.1, 0.15) is 0 Å². The Balaban J connectivity index is 1.66. The van der Waals surface area contributed by atoms with Crippen LogP contribution < -0.4 is 0 Å². The van der Waals surface area contributed by atoms with Crippen molar-refractivity contribution in [2.45, 2.75) is 44.8 Å². The lowest BCUT2D eigenvalue weighted by Crippen LogP contribution is -2.21. The van der Waals surface area contributed by atoms with Crippen LogP contribution in [0.2, 0.25) is 0 Å². The number of aryl methyl sites for hydroxylation is 1. The molecular formula is C14H19NO. The number of hydroxylamine groups is 2. The van der Waals surface area contributed by atoms with E-state index in [1.54, 1.807) is 0 Å². The molecule has 0 N–H and O–H groups in total. The van der Waals surface area contributed by atoms with Crippen molar-refractivity contribution in [3.05, 3.63) is 35.4 Å². The molecule has 0 aromatic heterocycles. The molecule has 0 bridgehead atoms. The summed E-state index contributed by atoms with van der Waals surface area (Å²) in [5.74, 6) is 0. The highest BCUT2D eigenvalue weighted by Crippen LogP contribution is 2.31. The summed E-state index contributed by atoms with van der Waals surface area (Å²) in [5.41, 5.74) is 2.83. The van der Waals surface area contributed by atoms with Gasteiger partial charge >= 0.3 is 0 Å². The Bertz CT molecular complexity index is 365. The fraction of sp³-hybridized carbons (Fsp3) is 0.571. The Hall–Kier alpha value is -0.860. The summed E-state index contributed by atoms with van der Waals surface area (Å²) >= 11 is 0. The summed E-state index contributed by atoms with van der Waals surface area (Å²) in [6, 6.07) is 9.34. The lowest BCUT2D eigenvalue weighted by molar-refractivity contribution is -0.146. The van der Waals surface area contributed by atoms with E-state index in [9.17, 15) is 0 Å². The minimum atomic E-state index is 0.409. The van der Waals surface area contributed by atoms with Gasteiger partial charge in [0.05, 0.1) is 6.10 Å². The quantitative estimate of drug-likeness (QED) is 0.755. The predicted molar refractivity (Wildman–Crippen MR) is 64.1 cm³/mol. The van der Waals surface area contributed by atoms with Crippen LogP contribution in [0, 0.1) is 6.92 Å². The number of hydrogen-bond acceptors (Lipinski definition) is 2. The second kappa shape index (κ2) is 4.19. The monoisotopic (exact) mass is 217 g/mol. The molecule has 2 heteroatoms. The molecule has 2 heterocycles. The van der Waals surface area contributed by atoms with Crippen molar-refractivity contribution >= 4 is 0 Å². The van der Waals surface area contributed by atoms with Gasteiger partial charge < -0.3 is 0 Å². The molecule has 86 valence electrons. The van der Waals surface area contributed by atoms with Gasteiger partial charge in [-0.25, -0.2) is 0 Å². The van der Waals surface area contributed by atoms with Crippen molar-refractivity contribution in [3.8, 4) is 0 Å². The van der Waals surface area contributed by atoms with Crippen molar-refractivity contribution in [1.82, 2.24) is 5.06 Å². The van der Waals surface area contributed by atoms with Crippen LogP contribution in [0.15, 0.2) is 24.3 Å². The van der Waals surface area contributed by atoms with Crippen LogP contribution in [-0.2, 0) is 11.3 Å². The van der Waals surface area contributed by atoms with Crippen LogP contribution in [0.1, 0.15) is 30.4 Å². The number of hydrogen-bond donors (Lipinski definition) is 0. The maximum atomic E-state index is 5.98. The maximum absolute atomic E-state index is 5.98. The third kappa shape index (κ3) is 1.87. The van der Waals surface area contributed by atoms with Crippen molar-refractivity contribution in [2.75, 3.05) is 6.54 Å². The first-order chi connectivity index (χ1) is 7.83. The highest BCUT2D eigenvalue weighted by atomic mass is 16.7. The van der Waals surface area contributed by atoms with E-state index in [0.717, 1.165) is 13.0 Å². The first kappa shape index (κ1) is 10.3. The van der Waals surface area contributed by atoms with Crippen LogP contribution in [0.4, 0.5) is 0 Å². The van der Waals surface area contributed by atoms with Crippen molar-refractivity contribution < 1.29 is 4.84 Å². The molecule has 0 amide bonds. The zero-order chi connectivity index (χ0) is 11.0. The number of fused-ring (bicyclic) bond motifs is 1. The van der Waals surface area contributed by atoms with E-state index in [-0.39, 0.29) is 0 Å². The van der Waals surface area contributed by atoms with Gasteiger partial charge in [-0.1, -0.05) is 24.3 Å². The van der Waals surface area contributed by atoms with Crippen LogP contribution in [0.5, 0.6) is 0 Å². The Morgan fingerprint density at radius 3 is 3.06 bits per heavy atom. The second-order valence-electron chi connectivity index (χ2n) is 5.03. The number of rotatable bonds is 2. The van der Waals surface area contributed by atoms with Gasteiger partial charge in [-0.05, 0) is 37.3 Å². The zero-order valence-electron chi connectivity index (χ0n) is 9.86. The molecule has 2 atom stereocenters. The Morgan fingerprint density at radius 1 is 1.38 bits per heavy atom. The van der Waals surface area contributed by atoms with E-state index < -0.39 is 0 Å². The van der Waals surface area contributed by atoms with Gasteiger partial charge in [0.25, 0.3) is 0 Å². The summed E-state index contributed by atoms with van der Waals surface area (Å²) < 4.78 is 0. The summed E-state index contributed by atoms with van der Waals surface area (Å²) in [5, 5.41) is 2.21. The van der Waals surface area contributed by atoms with Crippen LogP contribution in [0.3, 0.4) is 0 Å². The van der Waals surface area contributed by atoms with Crippen molar-refractivity contribution in [1.29, 1.82) is 0 Å². The predicted octanol–water partition coefficient (Wildman–Crippen LogP) is 2.71. The standard InChI is InChI=1S/C14H19NO/c1-11-5-2-3-6-12(11)9-14-10-13-7-4-8-15(13)16-14/h2-3,5-6,13-14H,4,7-10H2,1H3/t13-,14+/m0/s1. The minimum Gasteiger partial charge on any atom is -0.295 e. The Morgan fingerprint density at radius 2 is 2.25 bits per heavy atom. The molecule has 3 rings (SSSR count). The summed E-state index contributed by atoms with van der Waals surface area (Å²) in [7, 11) is 0. The molecule has 1 aromatic carbocycles. The minimum absolute atomic E-state index is 0.409. The van der Waals surface area contributed by atoms with Crippen LogP contribution >= 0.6 is 0 Å². The van der Waals surface area contributed by atoms with E-state index in [0.29, 0.717) is 12.1 Å². The molecule has 2 aliphatic heterocycles. The average Bonchev–Trinajstić information content (AvgIpc) is 2.81. The van der Waals surface area contributed by atoms with Gasteiger partial charge in [0, 0.05) is 19.0 Å².